The number of carbonyl (C=O) groups excluding carboxylic acids is 1. The van der Waals surface area contributed by atoms with Gasteiger partial charge in [0.15, 0.2) is 0 Å². The largest absolute Gasteiger partial charge is 0.388 e. The number of carbonyl (C=O) groups is 1. The van der Waals surface area contributed by atoms with Gasteiger partial charge in [-0.05, 0) is 43.9 Å². The van der Waals surface area contributed by atoms with Crippen molar-refractivity contribution in [1.29, 1.82) is 0 Å². The first kappa shape index (κ1) is 14.3. The van der Waals surface area contributed by atoms with E-state index in [4.69, 9.17) is 0 Å². The first-order valence-electron chi connectivity index (χ1n) is 6.51. The van der Waals surface area contributed by atoms with E-state index in [1.807, 2.05) is 31.2 Å². The van der Waals surface area contributed by atoms with Crippen LogP contribution in [-0.4, -0.2) is 23.3 Å². The summed E-state index contributed by atoms with van der Waals surface area (Å²) in [5, 5.41) is 15.5. The van der Waals surface area contributed by atoms with Crippen LogP contribution < -0.4 is 10.6 Å². The molecular weight excluding hydrogens is 308 g/mol. The van der Waals surface area contributed by atoms with E-state index in [0.29, 0.717) is 6.54 Å². The lowest BCUT2D eigenvalue weighted by molar-refractivity contribution is -0.0290. The number of benzene rings is 1. The van der Waals surface area contributed by atoms with Gasteiger partial charge in [-0.25, -0.2) is 4.79 Å². The molecule has 104 valence electrons. The van der Waals surface area contributed by atoms with Gasteiger partial charge in [0.25, 0.3) is 0 Å². The molecule has 0 aromatic heterocycles. The molecule has 19 heavy (non-hydrogen) atoms. The number of hydrogen-bond acceptors (Lipinski definition) is 2. The van der Waals surface area contributed by atoms with Gasteiger partial charge in [-0.3, -0.25) is 0 Å². The second-order valence-electron chi connectivity index (χ2n) is 5.18. The molecule has 2 rings (SSSR count). The summed E-state index contributed by atoms with van der Waals surface area (Å²) in [6.07, 6.45) is 2.58. The van der Waals surface area contributed by atoms with Crippen molar-refractivity contribution in [2.45, 2.75) is 37.8 Å². The van der Waals surface area contributed by atoms with Gasteiger partial charge in [-0.15, -0.1) is 0 Å². The lowest BCUT2D eigenvalue weighted by atomic mass is 9.80. The van der Waals surface area contributed by atoms with Gasteiger partial charge in [0.1, 0.15) is 0 Å². The lowest BCUT2D eigenvalue weighted by Gasteiger charge is -2.36. The standard InChI is InChI=1S/C14H19BrN2O2/c1-10(11-4-2-5-12(15)8-11)17-13(18)16-9-14(19)6-3-7-14/h2,4-5,8,10,19H,3,6-7,9H2,1H3,(H2,16,17,18). The molecule has 1 saturated carbocycles. The van der Waals surface area contributed by atoms with Crippen molar-refractivity contribution >= 4 is 22.0 Å². The predicted octanol–water partition coefficient (Wildman–Crippen LogP) is 2.72. The van der Waals surface area contributed by atoms with Crippen LogP contribution in [0.15, 0.2) is 28.7 Å². The van der Waals surface area contributed by atoms with Gasteiger partial charge in [-0.1, -0.05) is 28.1 Å². The highest BCUT2D eigenvalue weighted by molar-refractivity contribution is 9.10. The van der Waals surface area contributed by atoms with Crippen molar-refractivity contribution in [3.8, 4) is 0 Å². The molecule has 1 aromatic rings. The first-order valence-corrected chi connectivity index (χ1v) is 7.30. The molecule has 1 aromatic carbocycles. The molecule has 0 saturated heterocycles. The Kier molecular flexibility index (Phi) is 4.47. The number of hydrogen-bond donors (Lipinski definition) is 3. The third-order valence-electron chi connectivity index (χ3n) is 3.56. The Balaban J connectivity index is 1.81. The topological polar surface area (TPSA) is 61.4 Å². The Labute approximate surface area is 121 Å². The van der Waals surface area contributed by atoms with Crippen LogP contribution in [0.5, 0.6) is 0 Å². The molecule has 0 radical (unpaired) electrons. The minimum atomic E-state index is -0.684. The van der Waals surface area contributed by atoms with Crippen molar-refractivity contribution < 1.29 is 9.90 Å². The third-order valence-corrected chi connectivity index (χ3v) is 4.05. The predicted molar refractivity (Wildman–Crippen MR) is 77.9 cm³/mol. The normalized spacial score (nSPS) is 18.3. The van der Waals surface area contributed by atoms with E-state index in [-0.39, 0.29) is 12.1 Å². The van der Waals surface area contributed by atoms with Crippen molar-refractivity contribution in [3.05, 3.63) is 34.3 Å². The molecule has 4 nitrogen and oxygen atoms in total. The second kappa shape index (κ2) is 5.92. The van der Waals surface area contributed by atoms with Gasteiger partial charge in [-0.2, -0.15) is 0 Å². The summed E-state index contributed by atoms with van der Waals surface area (Å²) < 4.78 is 0.989. The van der Waals surface area contributed by atoms with Gasteiger partial charge < -0.3 is 15.7 Å². The highest BCUT2D eigenvalue weighted by Gasteiger charge is 2.34. The van der Waals surface area contributed by atoms with E-state index in [1.54, 1.807) is 0 Å². The molecule has 0 aliphatic heterocycles. The van der Waals surface area contributed by atoms with Crippen LogP contribution in [0.1, 0.15) is 37.8 Å². The number of urea groups is 1. The average molecular weight is 327 g/mol. The van der Waals surface area contributed by atoms with Gasteiger partial charge in [0, 0.05) is 11.0 Å². The first-order chi connectivity index (χ1) is 8.98. The summed E-state index contributed by atoms with van der Waals surface area (Å²) in [6.45, 7) is 2.25. The molecule has 0 heterocycles. The number of nitrogens with one attached hydrogen (secondary N) is 2. The monoisotopic (exact) mass is 326 g/mol. The molecule has 1 aliphatic rings. The van der Waals surface area contributed by atoms with E-state index < -0.39 is 5.60 Å². The number of aliphatic hydroxyl groups is 1. The molecule has 1 fully saturated rings. The summed E-state index contributed by atoms with van der Waals surface area (Å²) in [6, 6.07) is 7.51. The van der Waals surface area contributed by atoms with Crippen molar-refractivity contribution in [3.63, 3.8) is 0 Å². The van der Waals surface area contributed by atoms with E-state index in [0.717, 1.165) is 29.3 Å². The Morgan fingerprint density at radius 3 is 2.84 bits per heavy atom. The average Bonchev–Trinajstić information content (AvgIpc) is 2.34. The summed E-state index contributed by atoms with van der Waals surface area (Å²) in [4.78, 5) is 11.8. The molecular formula is C14H19BrN2O2. The minimum absolute atomic E-state index is 0.0754. The summed E-state index contributed by atoms with van der Waals surface area (Å²) in [5.74, 6) is 0. The van der Waals surface area contributed by atoms with Crippen LogP contribution in [0.2, 0.25) is 0 Å². The SMILES string of the molecule is CC(NC(=O)NCC1(O)CCC1)c1cccc(Br)c1. The molecule has 1 aliphatic carbocycles. The maximum Gasteiger partial charge on any atom is 0.315 e. The second-order valence-corrected chi connectivity index (χ2v) is 6.10. The van der Waals surface area contributed by atoms with E-state index in [2.05, 4.69) is 26.6 Å². The van der Waals surface area contributed by atoms with Crippen molar-refractivity contribution in [2.24, 2.45) is 0 Å². The van der Waals surface area contributed by atoms with Crippen LogP contribution in [0.3, 0.4) is 0 Å². The number of rotatable bonds is 4. The minimum Gasteiger partial charge on any atom is -0.388 e. The Morgan fingerprint density at radius 1 is 1.53 bits per heavy atom. The quantitative estimate of drug-likeness (QED) is 0.796. The Morgan fingerprint density at radius 2 is 2.26 bits per heavy atom. The van der Waals surface area contributed by atoms with Crippen LogP contribution >= 0.6 is 15.9 Å². The zero-order chi connectivity index (χ0) is 13.9. The van der Waals surface area contributed by atoms with Crippen LogP contribution in [0.25, 0.3) is 0 Å². The highest BCUT2D eigenvalue weighted by atomic mass is 79.9. The van der Waals surface area contributed by atoms with Gasteiger partial charge >= 0.3 is 6.03 Å². The Bertz CT molecular complexity index is 461. The fraction of sp³-hybridized carbons (Fsp3) is 0.500. The van der Waals surface area contributed by atoms with Gasteiger partial charge in [0.05, 0.1) is 11.6 Å². The molecule has 0 bridgehead atoms. The van der Waals surface area contributed by atoms with E-state index in [1.165, 1.54) is 0 Å². The molecule has 0 spiro atoms. The zero-order valence-electron chi connectivity index (χ0n) is 10.9. The van der Waals surface area contributed by atoms with Crippen LogP contribution in [0.4, 0.5) is 4.79 Å². The molecule has 1 atom stereocenters. The van der Waals surface area contributed by atoms with E-state index in [9.17, 15) is 9.90 Å². The summed E-state index contributed by atoms with van der Waals surface area (Å²) >= 11 is 3.41. The van der Waals surface area contributed by atoms with Crippen LogP contribution in [0, 0.1) is 0 Å². The van der Waals surface area contributed by atoms with Crippen molar-refractivity contribution in [2.75, 3.05) is 6.54 Å². The summed E-state index contributed by atoms with van der Waals surface area (Å²) in [5.41, 5.74) is 0.350. The molecule has 5 heteroatoms. The maximum atomic E-state index is 11.8. The third kappa shape index (κ3) is 3.94. The lowest BCUT2D eigenvalue weighted by Crippen LogP contribution is -2.50. The smallest absolute Gasteiger partial charge is 0.315 e. The maximum absolute atomic E-state index is 11.8. The molecule has 1 unspecified atom stereocenters. The van der Waals surface area contributed by atoms with Crippen molar-refractivity contribution in [1.82, 2.24) is 10.6 Å². The molecule has 2 amide bonds. The summed E-state index contributed by atoms with van der Waals surface area (Å²) in [7, 11) is 0. The highest BCUT2D eigenvalue weighted by Crippen LogP contribution is 2.30. The van der Waals surface area contributed by atoms with Gasteiger partial charge in [0.2, 0.25) is 0 Å². The van der Waals surface area contributed by atoms with E-state index >= 15 is 0 Å². The zero-order valence-corrected chi connectivity index (χ0v) is 12.5. The van der Waals surface area contributed by atoms with Crippen LogP contribution in [-0.2, 0) is 0 Å². The number of halogens is 1. The fourth-order valence-corrected chi connectivity index (χ4v) is 2.53. The fourth-order valence-electron chi connectivity index (χ4n) is 2.11. The number of amides is 2. The Hall–Kier alpha value is -1.07. The molecule has 3 N–H and O–H groups in total.